The number of nitrogens with zero attached hydrogens (tertiary/aromatic N) is 4. The van der Waals surface area contributed by atoms with Crippen LogP contribution in [-0.4, -0.2) is 55.4 Å². The molecule has 0 unspecified atom stereocenters. The Morgan fingerprint density at radius 1 is 1.22 bits per heavy atom. The number of carbonyl (C=O) groups excluding carboxylic acids is 1. The van der Waals surface area contributed by atoms with Crippen LogP contribution in [0.4, 0.5) is 24.5 Å². The second-order valence-corrected chi connectivity index (χ2v) is 9.91. The summed E-state index contributed by atoms with van der Waals surface area (Å²) >= 11 is 0. The van der Waals surface area contributed by atoms with E-state index in [1.807, 2.05) is 0 Å². The number of hydrogen-bond donors (Lipinski definition) is 1. The summed E-state index contributed by atoms with van der Waals surface area (Å²) in [6.07, 6.45) is -2.80. The smallest absolute Gasteiger partial charge is 0.378 e. The van der Waals surface area contributed by atoms with Crippen molar-refractivity contribution in [1.29, 1.82) is 0 Å². The van der Waals surface area contributed by atoms with Crippen LogP contribution in [-0.2, 0) is 28.0 Å². The fraction of sp³-hybridized carbons (Fsp3) is 0.500. The third-order valence-electron chi connectivity index (χ3n) is 5.60. The molecule has 8 nitrogen and oxygen atoms in total. The molecule has 176 valence electrons. The summed E-state index contributed by atoms with van der Waals surface area (Å²) in [5, 5.41) is 2.33. The lowest BCUT2D eigenvalue weighted by Gasteiger charge is -2.30. The minimum Gasteiger partial charge on any atom is -0.378 e. The van der Waals surface area contributed by atoms with Crippen LogP contribution in [0.1, 0.15) is 24.2 Å². The standard InChI is InChI=1S/C20H26F3N5O3S/c1-13-24-18(12-27(13)4)32(30,31)28-9-7-14(8-10-28)19(29)25-17-6-5-15(26(2)3)11-16(17)20(21,22)23/h5-6,11-12,14H,7-10H2,1-4H3,(H,25,29). The first kappa shape index (κ1) is 24.1. The molecule has 1 fully saturated rings. The van der Waals surface area contributed by atoms with Gasteiger partial charge < -0.3 is 14.8 Å². The average molecular weight is 474 g/mol. The van der Waals surface area contributed by atoms with Crippen LogP contribution in [0.5, 0.6) is 0 Å². The maximum absolute atomic E-state index is 13.5. The molecule has 1 aliphatic rings. The van der Waals surface area contributed by atoms with E-state index in [4.69, 9.17) is 0 Å². The molecule has 0 saturated carbocycles. The molecule has 2 heterocycles. The van der Waals surface area contributed by atoms with Crippen molar-refractivity contribution in [3.63, 3.8) is 0 Å². The Hall–Kier alpha value is -2.60. The second kappa shape index (κ2) is 8.74. The quantitative estimate of drug-likeness (QED) is 0.722. The van der Waals surface area contributed by atoms with Gasteiger partial charge in [-0.25, -0.2) is 13.4 Å². The number of aromatic nitrogens is 2. The number of benzene rings is 1. The molecule has 3 rings (SSSR count). The number of sulfonamides is 1. The predicted molar refractivity (Wildman–Crippen MR) is 114 cm³/mol. The molecule has 1 aromatic carbocycles. The van der Waals surface area contributed by atoms with Crippen molar-refractivity contribution in [3.8, 4) is 0 Å². The van der Waals surface area contributed by atoms with Gasteiger partial charge in [0, 0.05) is 52.0 Å². The molecule has 1 saturated heterocycles. The topological polar surface area (TPSA) is 87.5 Å². The monoisotopic (exact) mass is 473 g/mol. The van der Waals surface area contributed by atoms with Gasteiger partial charge in [0.25, 0.3) is 10.0 Å². The molecule has 0 spiro atoms. The number of aryl methyl sites for hydroxylation is 2. The van der Waals surface area contributed by atoms with E-state index in [9.17, 15) is 26.4 Å². The highest BCUT2D eigenvalue weighted by molar-refractivity contribution is 7.89. The van der Waals surface area contributed by atoms with Gasteiger partial charge in [-0.2, -0.15) is 17.5 Å². The first-order valence-electron chi connectivity index (χ1n) is 10.00. The van der Waals surface area contributed by atoms with Crippen LogP contribution in [0.3, 0.4) is 0 Å². The van der Waals surface area contributed by atoms with Crippen LogP contribution in [0, 0.1) is 12.8 Å². The Bertz CT molecular complexity index is 1080. The number of carbonyl (C=O) groups is 1. The first-order valence-corrected chi connectivity index (χ1v) is 11.4. The van der Waals surface area contributed by atoms with Gasteiger partial charge in [-0.15, -0.1) is 0 Å². The number of piperidine rings is 1. The van der Waals surface area contributed by atoms with E-state index in [0.29, 0.717) is 11.5 Å². The summed E-state index contributed by atoms with van der Waals surface area (Å²) in [7, 11) is 1.15. The number of anilines is 2. The molecular weight excluding hydrogens is 447 g/mol. The molecule has 1 amide bonds. The molecule has 1 aliphatic heterocycles. The Balaban J connectivity index is 1.70. The van der Waals surface area contributed by atoms with Crippen LogP contribution < -0.4 is 10.2 Å². The molecule has 12 heteroatoms. The van der Waals surface area contributed by atoms with Crippen LogP contribution in [0.25, 0.3) is 0 Å². The van der Waals surface area contributed by atoms with Crippen molar-refractivity contribution >= 4 is 27.3 Å². The van der Waals surface area contributed by atoms with E-state index >= 15 is 0 Å². The summed E-state index contributed by atoms with van der Waals surface area (Å²) in [6, 6.07) is 3.72. The third-order valence-corrected chi connectivity index (χ3v) is 7.37. The lowest BCUT2D eigenvalue weighted by molar-refractivity contribution is -0.137. The van der Waals surface area contributed by atoms with Crippen molar-refractivity contribution in [2.24, 2.45) is 13.0 Å². The second-order valence-electron chi connectivity index (χ2n) is 8.03. The number of alkyl halides is 3. The third kappa shape index (κ3) is 4.90. The van der Waals surface area contributed by atoms with Crippen LogP contribution in [0.15, 0.2) is 29.4 Å². The highest BCUT2D eigenvalue weighted by atomic mass is 32.2. The summed E-state index contributed by atoms with van der Waals surface area (Å²) in [5.74, 6) is -0.598. The summed E-state index contributed by atoms with van der Waals surface area (Å²) in [4.78, 5) is 18.3. The minimum absolute atomic E-state index is 0.0591. The van der Waals surface area contributed by atoms with Gasteiger partial charge >= 0.3 is 6.18 Å². The fourth-order valence-electron chi connectivity index (χ4n) is 3.53. The summed E-state index contributed by atoms with van der Waals surface area (Å²) in [6.45, 7) is 1.86. The number of imidazole rings is 1. The molecular formula is C20H26F3N5O3S. The zero-order valence-electron chi connectivity index (χ0n) is 18.3. The number of rotatable bonds is 5. The largest absolute Gasteiger partial charge is 0.418 e. The van der Waals surface area contributed by atoms with Crippen molar-refractivity contribution in [1.82, 2.24) is 13.9 Å². The molecule has 2 aromatic rings. The van der Waals surface area contributed by atoms with E-state index in [1.54, 1.807) is 37.5 Å². The molecule has 1 aromatic heterocycles. The van der Waals surface area contributed by atoms with Crippen LogP contribution >= 0.6 is 0 Å². The predicted octanol–water partition coefficient (Wildman–Crippen LogP) is 2.85. The van der Waals surface area contributed by atoms with Gasteiger partial charge in [-0.05, 0) is 38.0 Å². The van der Waals surface area contributed by atoms with Gasteiger partial charge in [0.15, 0.2) is 5.03 Å². The molecule has 0 atom stereocenters. The number of hydrogen-bond acceptors (Lipinski definition) is 5. The average Bonchev–Trinajstić information content (AvgIpc) is 3.06. The number of amides is 1. The first-order chi connectivity index (χ1) is 14.8. The van der Waals surface area contributed by atoms with E-state index in [1.165, 1.54) is 22.6 Å². The maximum atomic E-state index is 13.5. The van der Waals surface area contributed by atoms with Gasteiger partial charge in [0.2, 0.25) is 5.91 Å². The van der Waals surface area contributed by atoms with Crippen molar-refractivity contribution < 1.29 is 26.4 Å². The zero-order valence-corrected chi connectivity index (χ0v) is 19.1. The Morgan fingerprint density at radius 2 is 1.84 bits per heavy atom. The molecule has 0 radical (unpaired) electrons. The van der Waals surface area contributed by atoms with E-state index in [2.05, 4.69) is 10.3 Å². The maximum Gasteiger partial charge on any atom is 0.418 e. The molecule has 0 aliphatic carbocycles. The van der Waals surface area contributed by atoms with Gasteiger partial charge in [-0.3, -0.25) is 4.79 Å². The van der Waals surface area contributed by atoms with Crippen LogP contribution in [0.2, 0.25) is 0 Å². The Kier molecular flexibility index (Phi) is 6.57. The Labute approximate surface area is 185 Å². The SMILES string of the molecule is Cc1nc(S(=O)(=O)N2CCC(C(=O)Nc3ccc(N(C)C)cc3C(F)(F)F)CC2)cn1C. The fourth-order valence-corrected chi connectivity index (χ4v) is 5.02. The van der Waals surface area contributed by atoms with E-state index in [0.717, 1.165) is 6.07 Å². The van der Waals surface area contributed by atoms with Gasteiger partial charge in [0.1, 0.15) is 5.82 Å². The lowest BCUT2D eigenvalue weighted by Crippen LogP contribution is -2.41. The Morgan fingerprint density at radius 3 is 2.34 bits per heavy atom. The minimum atomic E-state index is -4.63. The summed E-state index contributed by atoms with van der Waals surface area (Å²) in [5.41, 5.74) is -0.881. The van der Waals surface area contributed by atoms with Crippen molar-refractivity contribution in [2.75, 3.05) is 37.4 Å². The molecule has 1 N–H and O–H groups in total. The molecule has 0 bridgehead atoms. The normalized spacial score (nSPS) is 16.2. The van der Waals surface area contributed by atoms with Gasteiger partial charge in [-0.1, -0.05) is 0 Å². The zero-order chi connectivity index (χ0) is 23.8. The highest BCUT2D eigenvalue weighted by Gasteiger charge is 2.37. The number of nitrogens with one attached hydrogen (secondary N) is 1. The summed E-state index contributed by atoms with van der Waals surface area (Å²) < 4.78 is 68.9. The van der Waals surface area contributed by atoms with Gasteiger partial charge in [0.05, 0.1) is 11.3 Å². The highest BCUT2D eigenvalue weighted by Crippen LogP contribution is 2.37. The van der Waals surface area contributed by atoms with Crippen molar-refractivity contribution in [2.45, 2.75) is 31.0 Å². The van der Waals surface area contributed by atoms with E-state index in [-0.39, 0.29) is 36.6 Å². The van der Waals surface area contributed by atoms with Crippen molar-refractivity contribution in [3.05, 3.63) is 35.8 Å². The lowest BCUT2D eigenvalue weighted by atomic mass is 9.97. The van der Waals surface area contributed by atoms with E-state index < -0.39 is 33.6 Å². The molecule has 32 heavy (non-hydrogen) atoms. The number of halogens is 3.